The first kappa shape index (κ1) is 13.8. The molecule has 0 saturated heterocycles. The van der Waals surface area contributed by atoms with Gasteiger partial charge in [0, 0.05) is 17.8 Å². The maximum absolute atomic E-state index is 12.1. The Morgan fingerprint density at radius 3 is 2.84 bits per heavy atom. The van der Waals surface area contributed by atoms with Crippen molar-refractivity contribution >= 4 is 11.7 Å². The zero-order valence-corrected chi connectivity index (χ0v) is 11.6. The molecule has 2 rings (SSSR count). The lowest BCUT2D eigenvalue weighted by Gasteiger charge is -2.09. The van der Waals surface area contributed by atoms with E-state index in [-0.39, 0.29) is 5.91 Å². The Balaban J connectivity index is 2.04. The minimum Gasteiger partial charge on any atom is -0.352 e. The molecule has 4 N–H and O–H groups in total. The Kier molecular flexibility index (Phi) is 4.37. The average molecular weight is 262 g/mol. The fourth-order valence-electron chi connectivity index (χ4n) is 2.19. The Bertz CT molecular complexity index is 461. The highest BCUT2D eigenvalue weighted by Crippen LogP contribution is 2.36. The molecule has 1 aliphatic rings. The Morgan fingerprint density at radius 1 is 1.53 bits per heavy atom. The van der Waals surface area contributed by atoms with E-state index in [9.17, 15) is 4.79 Å². The number of pyridine rings is 1. The number of aromatic nitrogens is 1. The highest BCUT2D eigenvalue weighted by molar-refractivity contribution is 5.95. The summed E-state index contributed by atoms with van der Waals surface area (Å²) in [6, 6.07) is 3.53. The number of carbonyl (C=O) groups is 1. The summed E-state index contributed by atoms with van der Waals surface area (Å²) >= 11 is 0. The van der Waals surface area contributed by atoms with Gasteiger partial charge in [0.15, 0.2) is 0 Å². The van der Waals surface area contributed by atoms with E-state index in [4.69, 9.17) is 5.84 Å². The van der Waals surface area contributed by atoms with Gasteiger partial charge in [-0.15, -0.1) is 0 Å². The van der Waals surface area contributed by atoms with Crippen molar-refractivity contribution in [1.82, 2.24) is 10.3 Å². The highest BCUT2D eigenvalue weighted by atomic mass is 16.1. The van der Waals surface area contributed by atoms with E-state index in [1.54, 1.807) is 6.07 Å². The summed E-state index contributed by atoms with van der Waals surface area (Å²) in [5, 5.41) is 2.98. The minimum atomic E-state index is -0.0460. The molecule has 1 heterocycles. The molecule has 1 aromatic heterocycles. The molecule has 5 heteroatoms. The van der Waals surface area contributed by atoms with Crippen LogP contribution in [0.3, 0.4) is 0 Å². The Morgan fingerprint density at radius 2 is 2.26 bits per heavy atom. The third-order valence-electron chi connectivity index (χ3n) is 3.60. The molecule has 1 aliphatic carbocycles. The molecule has 1 fully saturated rings. The van der Waals surface area contributed by atoms with Gasteiger partial charge in [-0.05, 0) is 36.8 Å². The van der Waals surface area contributed by atoms with Crippen LogP contribution in [-0.2, 0) is 6.42 Å². The fraction of sp³-hybridized carbons (Fsp3) is 0.571. The number of rotatable bonds is 6. The SMILES string of the molecule is CCCc1cc(C(=O)NCC2CC2C)cc(NN)n1. The van der Waals surface area contributed by atoms with E-state index >= 15 is 0 Å². The van der Waals surface area contributed by atoms with Crippen LogP contribution in [0.15, 0.2) is 12.1 Å². The van der Waals surface area contributed by atoms with Crippen LogP contribution in [0.2, 0.25) is 0 Å². The second-order valence-corrected chi connectivity index (χ2v) is 5.31. The predicted molar refractivity (Wildman–Crippen MR) is 75.6 cm³/mol. The van der Waals surface area contributed by atoms with Crippen LogP contribution in [0.1, 0.15) is 42.7 Å². The molecular formula is C14H22N4O. The van der Waals surface area contributed by atoms with Gasteiger partial charge in [0.1, 0.15) is 5.82 Å². The number of nitrogens with one attached hydrogen (secondary N) is 2. The van der Waals surface area contributed by atoms with Crippen molar-refractivity contribution in [3.8, 4) is 0 Å². The lowest BCUT2D eigenvalue weighted by Crippen LogP contribution is -2.26. The number of anilines is 1. The summed E-state index contributed by atoms with van der Waals surface area (Å²) in [7, 11) is 0. The van der Waals surface area contributed by atoms with Gasteiger partial charge in [0.25, 0.3) is 5.91 Å². The largest absolute Gasteiger partial charge is 0.352 e. The van der Waals surface area contributed by atoms with Crippen molar-refractivity contribution < 1.29 is 4.79 Å². The summed E-state index contributed by atoms with van der Waals surface area (Å²) in [4.78, 5) is 16.4. The van der Waals surface area contributed by atoms with Crippen LogP contribution in [0.5, 0.6) is 0 Å². The summed E-state index contributed by atoms with van der Waals surface area (Å²) in [5.74, 6) is 7.27. The first-order valence-electron chi connectivity index (χ1n) is 6.89. The van der Waals surface area contributed by atoms with E-state index in [2.05, 4.69) is 29.6 Å². The zero-order valence-electron chi connectivity index (χ0n) is 11.6. The van der Waals surface area contributed by atoms with Gasteiger partial charge in [-0.25, -0.2) is 10.8 Å². The molecule has 0 bridgehead atoms. The molecule has 1 saturated carbocycles. The number of amides is 1. The standard InChI is InChI=1S/C14H22N4O/c1-3-4-12-6-10(7-13(17-12)18-15)14(19)16-8-11-5-9(11)2/h6-7,9,11H,3-5,8,15H2,1-2H3,(H,16,19)(H,17,18). The average Bonchev–Trinajstić information content (AvgIpc) is 3.12. The van der Waals surface area contributed by atoms with Crippen molar-refractivity contribution in [3.05, 3.63) is 23.4 Å². The van der Waals surface area contributed by atoms with Crippen LogP contribution >= 0.6 is 0 Å². The molecule has 5 nitrogen and oxygen atoms in total. The first-order valence-corrected chi connectivity index (χ1v) is 6.89. The zero-order chi connectivity index (χ0) is 13.8. The van der Waals surface area contributed by atoms with Crippen molar-refractivity contribution in [3.63, 3.8) is 0 Å². The number of carbonyl (C=O) groups excluding carboxylic acids is 1. The van der Waals surface area contributed by atoms with Gasteiger partial charge in [-0.2, -0.15) is 0 Å². The van der Waals surface area contributed by atoms with Gasteiger partial charge in [-0.3, -0.25) is 4.79 Å². The number of hydrazine groups is 1. The van der Waals surface area contributed by atoms with Crippen LogP contribution in [0, 0.1) is 11.8 Å². The van der Waals surface area contributed by atoms with Gasteiger partial charge in [0.2, 0.25) is 0 Å². The Labute approximate surface area is 114 Å². The maximum Gasteiger partial charge on any atom is 0.251 e. The summed E-state index contributed by atoms with van der Waals surface area (Å²) < 4.78 is 0. The topological polar surface area (TPSA) is 80.0 Å². The van der Waals surface area contributed by atoms with Gasteiger partial charge in [0.05, 0.1) is 0 Å². The summed E-state index contributed by atoms with van der Waals surface area (Å²) in [6.07, 6.45) is 3.05. The second kappa shape index (κ2) is 6.02. The number of nitrogens with two attached hydrogens (primary N) is 1. The number of hydrogen-bond acceptors (Lipinski definition) is 4. The van der Waals surface area contributed by atoms with Crippen LogP contribution in [-0.4, -0.2) is 17.4 Å². The molecule has 0 radical (unpaired) electrons. The minimum absolute atomic E-state index is 0.0460. The van der Waals surface area contributed by atoms with E-state index in [0.29, 0.717) is 17.3 Å². The molecule has 104 valence electrons. The lowest BCUT2D eigenvalue weighted by molar-refractivity contribution is 0.0951. The van der Waals surface area contributed by atoms with Crippen LogP contribution in [0.4, 0.5) is 5.82 Å². The Hall–Kier alpha value is -1.62. The van der Waals surface area contributed by atoms with Crippen molar-refractivity contribution in [2.24, 2.45) is 17.7 Å². The highest BCUT2D eigenvalue weighted by Gasteiger charge is 2.32. The lowest BCUT2D eigenvalue weighted by atomic mass is 10.1. The van der Waals surface area contributed by atoms with Gasteiger partial charge in [-0.1, -0.05) is 20.3 Å². The summed E-state index contributed by atoms with van der Waals surface area (Å²) in [6.45, 7) is 5.05. The fourth-order valence-corrected chi connectivity index (χ4v) is 2.19. The number of hydrogen-bond donors (Lipinski definition) is 3. The number of nitrogen functional groups attached to an aromatic ring is 1. The predicted octanol–water partition coefficient (Wildman–Crippen LogP) is 1.71. The molecule has 1 amide bonds. The third-order valence-corrected chi connectivity index (χ3v) is 3.60. The first-order chi connectivity index (χ1) is 9.13. The smallest absolute Gasteiger partial charge is 0.251 e. The van der Waals surface area contributed by atoms with Crippen LogP contribution in [0.25, 0.3) is 0 Å². The number of aryl methyl sites for hydroxylation is 1. The van der Waals surface area contributed by atoms with E-state index < -0.39 is 0 Å². The number of nitrogens with zero attached hydrogens (tertiary/aromatic N) is 1. The molecule has 19 heavy (non-hydrogen) atoms. The van der Waals surface area contributed by atoms with E-state index in [1.165, 1.54) is 6.42 Å². The van der Waals surface area contributed by atoms with Crippen molar-refractivity contribution in [2.75, 3.05) is 12.0 Å². The van der Waals surface area contributed by atoms with Gasteiger partial charge >= 0.3 is 0 Å². The molecule has 0 spiro atoms. The monoisotopic (exact) mass is 262 g/mol. The van der Waals surface area contributed by atoms with Crippen molar-refractivity contribution in [1.29, 1.82) is 0 Å². The van der Waals surface area contributed by atoms with Gasteiger partial charge < -0.3 is 10.7 Å². The maximum atomic E-state index is 12.1. The second-order valence-electron chi connectivity index (χ2n) is 5.31. The molecule has 0 aliphatic heterocycles. The molecule has 0 aromatic carbocycles. The molecular weight excluding hydrogens is 240 g/mol. The van der Waals surface area contributed by atoms with Crippen LogP contribution < -0.4 is 16.6 Å². The van der Waals surface area contributed by atoms with E-state index in [1.807, 2.05) is 6.07 Å². The molecule has 2 atom stereocenters. The molecule has 1 aromatic rings. The van der Waals surface area contributed by atoms with Crippen molar-refractivity contribution in [2.45, 2.75) is 33.1 Å². The van der Waals surface area contributed by atoms with E-state index in [0.717, 1.165) is 31.0 Å². The molecule has 2 unspecified atom stereocenters. The summed E-state index contributed by atoms with van der Waals surface area (Å²) in [5.41, 5.74) is 4.03. The third kappa shape index (κ3) is 3.67. The normalized spacial score (nSPS) is 21.0. The quantitative estimate of drug-likeness (QED) is 0.538.